The first-order valence-electron chi connectivity index (χ1n) is 7.08. The third-order valence-corrected chi connectivity index (χ3v) is 3.94. The Balaban J connectivity index is 1.87. The summed E-state index contributed by atoms with van der Waals surface area (Å²) in [6.07, 6.45) is 6.84. The molecule has 0 saturated heterocycles. The summed E-state index contributed by atoms with van der Waals surface area (Å²) in [6, 6.07) is 5.54. The van der Waals surface area contributed by atoms with Crippen molar-refractivity contribution < 1.29 is 4.39 Å². The van der Waals surface area contributed by atoms with E-state index >= 15 is 0 Å². The molecule has 0 N–H and O–H groups in total. The van der Waals surface area contributed by atoms with Gasteiger partial charge in [-0.15, -0.1) is 0 Å². The predicted octanol–water partition coefficient (Wildman–Crippen LogP) is 4.15. The molecular formula is C16H24FN. The molecule has 100 valence electrons. The van der Waals surface area contributed by atoms with Gasteiger partial charge in [-0.25, -0.2) is 4.39 Å². The second kappa shape index (κ2) is 6.33. The quantitative estimate of drug-likeness (QED) is 0.775. The van der Waals surface area contributed by atoms with Gasteiger partial charge >= 0.3 is 0 Å². The molecule has 0 atom stereocenters. The van der Waals surface area contributed by atoms with Crippen LogP contribution in [-0.2, 0) is 6.54 Å². The molecule has 0 aliphatic heterocycles. The van der Waals surface area contributed by atoms with E-state index in [0.717, 1.165) is 30.1 Å². The number of rotatable bonds is 4. The summed E-state index contributed by atoms with van der Waals surface area (Å²) in [5.41, 5.74) is 1.81. The fraction of sp³-hybridized carbons (Fsp3) is 0.625. The van der Waals surface area contributed by atoms with Crippen molar-refractivity contribution in [3.05, 3.63) is 35.1 Å². The van der Waals surface area contributed by atoms with Crippen LogP contribution in [0.3, 0.4) is 0 Å². The van der Waals surface area contributed by atoms with E-state index in [2.05, 4.69) is 11.9 Å². The molecule has 2 heteroatoms. The Morgan fingerprint density at radius 1 is 1.22 bits per heavy atom. The Labute approximate surface area is 110 Å². The molecule has 0 bridgehead atoms. The lowest BCUT2D eigenvalue weighted by Gasteiger charge is -2.27. The van der Waals surface area contributed by atoms with Gasteiger partial charge in [-0.3, -0.25) is 0 Å². The van der Waals surface area contributed by atoms with Crippen molar-refractivity contribution in [3.8, 4) is 0 Å². The van der Waals surface area contributed by atoms with Gasteiger partial charge in [0.2, 0.25) is 0 Å². The van der Waals surface area contributed by atoms with Gasteiger partial charge in [0, 0.05) is 18.7 Å². The maximum Gasteiger partial charge on any atom is 0.127 e. The van der Waals surface area contributed by atoms with E-state index in [0.29, 0.717) is 0 Å². The Kier molecular flexibility index (Phi) is 4.76. The Hall–Kier alpha value is -0.890. The molecule has 1 saturated carbocycles. The summed E-state index contributed by atoms with van der Waals surface area (Å²) in [5.74, 6) is 0.753. The Bertz CT molecular complexity index is 383. The molecule has 0 heterocycles. The van der Waals surface area contributed by atoms with Gasteiger partial charge in [-0.05, 0) is 44.4 Å². The van der Waals surface area contributed by atoms with Gasteiger partial charge in [0.25, 0.3) is 0 Å². The molecule has 0 unspecified atom stereocenters. The van der Waals surface area contributed by atoms with Crippen LogP contribution < -0.4 is 0 Å². The summed E-state index contributed by atoms with van der Waals surface area (Å²) in [4.78, 5) is 2.27. The second-order valence-electron chi connectivity index (χ2n) is 5.80. The number of hydrogen-bond donors (Lipinski definition) is 0. The largest absolute Gasteiger partial charge is 0.302 e. The lowest BCUT2D eigenvalue weighted by molar-refractivity contribution is 0.226. The SMILES string of the molecule is Cc1ccc(CN(C)CC2CCCCC2)c(F)c1. The van der Waals surface area contributed by atoms with E-state index in [1.807, 2.05) is 19.1 Å². The number of halogens is 1. The molecule has 1 fully saturated rings. The topological polar surface area (TPSA) is 3.24 Å². The highest BCUT2D eigenvalue weighted by Crippen LogP contribution is 2.24. The summed E-state index contributed by atoms with van der Waals surface area (Å²) in [7, 11) is 2.11. The lowest BCUT2D eigenvalue weighted by atomic mass is 9.89. The molecule has 0 amide bonds. The van der Waals surface area contributed by atoms with Gasteiger partial charge in [-0.1, -0.05) is 31.4 Å². The third-order valence-electron chi connectivity index (χ3n) is 3.94. The average Bonchev–Trinajstić information content (AvgIpc) is 2.34. The van der Waals surface area contributed by atoms with Crippen LogP contribution in [0, 0.1) is 18.7 Å². The molecule has 1 aromatic rings. The van der Waals surface area contributed by atoms with Crippen LogP contribution >= 0.6 is 0 Å². The lowest BCUT2D eigenvalue weighted by Crippen LogP contribution is -2.27. The van der Waals surface area contributed by atoms with E-state index in [1.165, 1.54) is 32.1 Å². The number of hydrogen-bond acceptors (Lipinski definition) is 1. The highest BCUT2D eigenvalue weighted by molar-refractivity contribution is 5.23. The molecule has 0 spiro atoms. The number of benzene rings is 1. The molecule has 2 rings (SSSR count). The minimum absolute atomic E-state index is 0.0644. The standard InChI is InChI=1S/C16H24FN/c1-13-8-9-15(16(17)10-13)12-18(2)11-14-6-4-3-5-7-14/h8-10,14H,3-7,11-12H2,1-2H3. The van der Waals surface area contributed by atoms with Crippen molar-refractivity contribution in [2.45, 2.75) is 45.6 Å². The molecule has 0 aromatic heterocycles. The third kappa shape index (κ3) is 3.81. The maximum absolute atomic E-state index is 13.8. The zero-order chi connectivity index (χ0) is 13.0. The first kappa shape index (κ1) is 13.5. The van der Waals surface area contributed by atoms with Crippen LogP contribution in [-0.4, -0.2) is 18.5 Å². The van der Waals surface area contributed by atoms with Gasteiger partial charge < -0.3 is 4.90 Å². The van der Waals surface area contributed by atoms with E-state index in [4.69, 9.17) is 0 Å². The molecule has 1 aliphatic rings. The van der Waals surface area contributed by atoms with Crippen molar-refractivity contribution >= 4 is 0 Å². The molecule has 1 aliphatic carbocycles. The molecular weight excluding hydrogens is 225 g/mol. The fourth-order valence-corrected chi connectivity index (χ4v) is 2.95. The summed E-state index contributed by atoms with van der Waals surface area (Å²) in [5, 5.41) is 0. The van der Waals surface area contributed by atoms with E-state index in [1.54, 1.807) is 6.07 Å². The fourth-order valence-electron chi connectivity index (χ4n) is 2.95. The van der Waals surface area contributed by atoms with Gasteiger partial charge in [0.1, 0.15) is 5.82 Å². The molecule has 18 heavy (non-hydrogen) atoms. The van der Waals surface area contributed by atoms with E-state index in [9.17, 15) is 4.39 Å². The van der Waals surface area contributed by atoms with Crippen LogP contribution in [0.25, 0.3) is 0 Å². The zero-order valence-electron chi connectivity index (χ0n) is 11.6. The van der Waals surface area contributed by atoms with Gasteiger partial charge in [0.15, 0.2) is 0 Å². The summed E-state index contributed by atoms with van der Waals surface area (Å²) >= 11 is 0. The molecule has 1 aromatic carbocycles. The molecule has 1 nitrogen and oxygen atoms in total. The first-order chi connectivity index (χ1) is 8.65. The van der Waals surface area contributed by atoms with Crippen molar-refractivity contribution in [1.29, 1.82) is 0 Å². The van der Waals surface area contributed by atoms with Crippen LogP contribution in [0.1, 0.15) is 43.2 Å². The minimum Gasteiger partial charge on any atom is -0.302 e. The van der Waals surface area contributed by atoms with Gasteiger partial charge in [-0.2, -0.15) is 0 Å². The number of nitrogens with zero attached hydrogens (tertiary/aromatic N) is 1. The van der Waals surface area contributed by atoms with Crippen molar-refractivity contribution in [2.24, 2.45) is 5.92 Å². The van der Waals surface area contributed by atoms with Crippen molar-refractivity contribution in [1.82, 2.24) is 4.90 Å². The second-order valence-corrected chi connectivity index (χ2v) is 5.80. The highest BCUT2D eigenvalue weighted by Gasteiger charge is 2.16. The normalized spacial score (nSPS) is 17.3. The minimum atomic E-state index is -0.0644. The van der Waals surface area contributed by atoms with E-state index in [-0.39, 0.29) is 5.82 Å². The van der Waals surface area contributed by atoms with Crippen LogP contribution in [0.2, 0.25) is 0 Å². The van der Waals surface area contributed by atoms with Crippen LogP contribution in [0.4, 0.5) is 4.39 Å². The highest BCUT2D eigenvalue weighted by atomic mass is 19.1. The van der Waals surface area contributed by atoms with Crippen molar-refractivity contribution in [2.75, 3.05) is 13.6 Å². The number of aryl methyl sites for hydroxylation is 1. The summed E-state index contributed by atoms with van der Waals surface area (Å²) in [6.45, 7) is 3.76. The van der Waals surface area contributed by atoms with E-state index < -0.39 is 0 Å². The first-order valence-corrected chi connectivity index (χ1v) is 7.08. The predicted molar refractivity (Wildman–Crippen MR) is 74.0 cm³/mol. The smallest absolute Gasteiger partial charge is 0.127 e. The average molecular weight is 249 g/mol. The Morgan fingerprint density at radius 2 is 1.94 bits per heavy atom. The van der Waals surface area contributed by atoms with Crippen LogP contribution in [0.15, 0.2) is 18.2 Å². The van der Waals surface area contributed by atoms with Crippen LogP contribution in [0.5, 0.6) is 0 Å². The molecule has 0 radical (unpaired) electrons. The Morgan fingerprint density at radius 3 is 2.61 bits per heavy atom. The monoisotopic (exact) mass is 249 g/mol. The van der Waals surface area contributed by atoms with Crippen molar-refractivity contribution in [3.63, 3.8) is 0 Å². The summed E-state index contributed by atoms with van der Waals surface area (Å²) < 4.78 is 13.8. The zero-order valence-corrected chi connectivity index (χ0v) is 11.6. The maximum atomic E-state index is 13.8. The van der Waals surface area contributed by atoms with Gasteiger partial charge in [0.05, 0.1) is 0 Å².